The zero-order chi connectivity index (χ0) is 23.4. The third-order valence-corrected chi connectivity index (χ3v) is 6.05. The predicted molar refractivity (Wildman–Crippen MR) is 125 cm³/mol. The number of urea groups is 1. The number of piperazine rings is 1. The van der Waals surface area contributed by atoms with E-state index in [1.54, 1.807) is 43.3 Å². The SMILES string of the molecule is CCOC(=O)C1=C(CN2CCN(c3ccc(F)cc3)CC2)NC(=O)N[C@H]1c1ccc(Cl)cc1. The van der Waals surface area contributed by atoms with Crippen LogP contribution in [-0.2, 0) is 9.53 Å². The number of hydrogen-bond donors (Lipinski definition) is 2. The topological polar surface area (TPSA) is 73.9 Å². The second-order valence-corrected chi connectivity index (χ2v) is 8.37. The van der Waals surface area contributed by atoms with Gasteiger partial charge in [-0.1, -0.05) is 23.7 Å². The lowest BCUT2D eigenvalue weighted by Gasteiger charge is -2.38. The number of carbonyl (C=O) groups is 2. The molecule has 0 aliphatic carbocycles. The number of ether oxygens (including phenoxy) is 1. The lowest BCUT2D eigenvalue weighted by atomic mass is 9.95. The number of carbonyl (C=O) groups excluding carboxylic acids is 2. The van der Waals surface area contributed by atoms with Gasteiger partial charge in [0.05, 0.1) is 18.2 Å². The maximum absolute atomic E-state index is 13.2. The van der Waals surface area contributed by atoms with E-state index in [1.807, 2.05) is 0 Å². The van der Waals surface area contributed by atoms with Gasteiger partial charge in [0.1, 0.15) is 5.82 Å². The zero-order valence-corrected chi connectivity index (χ0v) is 19.1. The summed E-state index contributed by atoms with van der Waals surface area (Å²) < 4.78 is 18.5. The van der Waals surface area contributed by atoms with Crippen molar-refractivity contribution >= 4 is 29.3 Å². The molecule has 0 radical (unpaired) electrons. The smallest absolute Gasteiger partial charge is 0.338 e. The van der Waals surface area contributed by atoms with E-state index < -0.39 is 12.0 Å². The highest BCUT2D eigenvalue weighted by Gasteiger charge is 2.34. The van der Waals surface area contributed by atoms with Gasteiger partial charge in [-0.15, -0.1) is 0 Å². The summed E-state index contributed by atoms with van der Waals surface area (Å²) in [7, 11) is 0. The van der Waals surface area contributed by atoms with Crippen LogP contribution in [0.2, 0.25) is 5.02 Å². The minimum Gasteiger partial charge on any atom is -0.463 e. The molecule has 2 aromatic carbocycles. The Bertz CT molecular complexity index is 1030. The van der Waals surface area contributed by atoms with Crippen LogP contribution in [0.1, 0.15) is 18.5 Å². The number of hydrogen-bond acceptors (Lipinski definition) is 5. The Morgan fingerprint density at radius 3 is 2.39 bits per heavy atom. The Labute approximate surface area is 197 Å². The van der Waals surface area contributed by atoms with Crippen LogP contribution in [0.3, 0.4) is 0 Å². The van der Waals surface area contributed by atoms with Crippen LogP contribution in [0.25, 0.3) is 0 Å². The number of amides is 2. The van der Waals surface area contributed by atoms with Gasteiger partial charge in [-0.05, 0) is 48.9 Å². The molecule has 1 atom stereocenters. The van der Waals surface area contributed by atoms with Crippen molar-refractivity contribution in [3.8, 4) is 0 Å². The van der Waals surface area contributed by atoms with Gasteiger partial charge in [-0.25, -0.2) is 14.0 Å². The highest BCUT2D eigenvalue weighted by Crippen LogP contribution is 2.29. The van der Waals surface area contributed by atoms with Crippen molar-refractivity contribution in [1.82, 2.24) is 15.5 Å². The largest absolute Gasteiger partial charge is 0.463 e. The Morgan fingerprint density at radius 1 is 1.09 bits per heavy atom. The molecule has 7 nitrogen and oxygen atoms in total. The van der Waals surface area contributed by atoms with Crippen LogP contribution in [0.5, 0.6) is 0 Å². The van der Waals surface area contributed by atoms with Gasteiger partial charge >= 0.3 is 12.0 Å². The summed E-state index contributed by atoms with van der Waals surface area (Å²) in [6, 6.07) is 12.5. The summed E-state index contributed by atoms with van der Waals surface area (Å²) in [5.74, 6) is -0.724. The predicted octanol–water partition coefficient (Wildman–Crippen LogP) is 3.47. The number of halogens is 2. The molecule has 9 heteroatoms. The fraction of sp³-hybridized carbons (Fsp3) is 0.333. The molecule has 33 heavy (non-hydrogen) atoms. The van der Waals surface area contributed by atoms with E-state index in [4.69, 9.17) is 16.3 Å². The molecular weight excluding hydrogens is 447 g/mol. The Morgan fingerprint density at radius 2 is 1.76 bits per heavy atom. The van der Waals surface area contributed by atoms with Crippen molar-refractivity contribution in [3.05, 3.63) is 76.2 Å². The van der Waals surface area contributed by atoms with Crippen LogP contribution in [0, 0.1) is 5.82 Å². The lowest BCUT2D eigenvalue weighted by molar-refractivity contribution is -0.139. The molecule has 0 unspecified atom stereocenters. The van der Waals surface area contributed by atoms with Gasteiger partial charge in [0.2, 0.25) is 0 Å². The summed E-state index contributed by atoms with van der Waals surface area (Å²) in [4.78, 5) is 29.7. The van der Waals surface area contributed by atoms with Crippen LogP contribution in [-0.4, -0.2) is 56.2 Å². The van der Waals surface area contributed by atoms with E-state index >= 15 is 0 Å². The van der Waals surface area contributed by atoms with Crippen molar-refractivity contribution in [2.24, 2.45) is 0 Å². The van der Waals surface area contributed by atoms with Crippen LogP contribution in [0.15, 0.2) is 59.8 Å². The molecule has 2 amide bonds. The van der Waals surface area contributed by atoms with Crippen molar-refractivity contribution in [3.63, 3.8) is 0 Å². The average molecular weight is 473 g/mol. The molecule has 1 saturated heterocycles. The fourth-order valence-electron chi connectivity index (χ4n) is 4.14. The maximum atomic E-state index is 13.2. The molecule has 0 spiro atoms. The molecular formula is C24H26ClFN4O3. The molecule has 0 saturated carbocycles. The van der Waals surface area contributed by atoms with Gasteiger partial charge in [0.15, 0.2) is 0 Å². The first-order valence-corrected chi connectivity index (χ1v) is 11.3. The number of esters is 1. The van der Waals surface area contributed by atoms with Crippen LogP contribution in [0.4, 0.5) is 14.9 Å². The highest BCUT2D eigenvalue weighted by atomic mass is 35.5. The van der Waals surface area contributed by atoms with E-state index in [0.29, 0.717) is 22.8 Å². The monoisotopic (exact) mass is 472 g/mol. The van der Waals surface area contributed by atoms with Crippen molar-refractivity contribution in [2.45, 2.75) is 13.0 Å². The number of nitrogens with zero attached hydrogens (tertiary/aromatic N) is 2. The summed E-state index contributed by atoms with van der Waals surface area (Å²) in [6.45, 7) is 5.34. The molecule has 0 aromatic heterocycles. The highest BCUT2D eigenvalue weighted by molar-refractivity contribution is 6.30. The van der Waals surface area contributed by atoms with E-state index in [9.17, 15) is 14.0 Å². The molecule has 2 aromatic rings. The number of benzene rings is 2. The third-order valence-electron chi connectivity index (χ3n) is 5.80. The molecule has 0 bridgehead atoms. The van der Waals surface area contributed by atoms with Crippen LogP contribution >= 0.6 is 11.6 Å². The van der Waals surface area contributed by atoms with E-state index in [2.05, 4.69) is 20.4 Å². The maximum Gasteiger partial charge on any atom is 0.338 e. The summed E-state index contributed by atoms with van der Waals surface area (Å²) in [5, 5.41) is 6.22. The minimum atomic E-state index is -0.634. The first kappa shape index (κ1) is 23.1. The fourth-order valence-corrected chi connectivity index (χ4v) is 4.26. The Hall–Kier alpha value is -3.10. The molecule has 2 N–H and O–H groups in total. The second-order valence-electron chi connectivity index (χ2n) is 7.94. The van der Waals surface area contributed by atoms with E-state index in [0.717, 1.165) is 37.4 Å². The molecule has 2 heterocycles. The molecule has 2 aliphatic rings. The quantitative estimate of drug-likeness (QED) is 0.630. The minimum absolute atomic E-state index is 0.229. The third kappa shape index (κ3) is 5.46. The number of rotatable bonds is 6. The lowest BCUT2D eigenvalue weighted by Crippen LogP contribution is -2.51. The van der Waals surface area contributed by atoms with E-state index in [-0.39, 0.29) is 18.5 Å². The summed E-state index contributed by atoms with van der Waals surface area (Å²) >= 11 is 6.02. The first-order valence-electron chi connectivity index (χ1n) is 10.9. The number of anilines is 1. The van der Waals surface area contributed by atoms with Crippen molar-refractivity contribution < 1.29 is 18.7 Å². The molecule has 4 rings (SSSR count). The Kier molecular flexibility index (Phi) is 7.15. The van der Waals surface area contributed by atoms with Crippen molar-refractivity contribution in [1.29, 1.82) is 0 Å². The second kappa shape index (κ2) is 10.2. The van der Waals surface area contributed by atoms with Gasteiger partial charge in [0.25, 0.3) is 0 Å². The van der Waals surface area contributed by atoms with Gasteiger partial charge in [0, 0.05) is 49.1 Å². The first-order chi connectivity index (χ1) is 15.9. The molecule has 174 valence electrons. The van der Waals surface area contributed by atoms with Crippen LogP contribution < -0.4 is 15.5 Å². The van der Waals surface area contributed by atoms with Gasteiger partial charge < -0.3 is 20.3 Å². The zero-order valence-electron chi connectivity index (χ0n) is 18.3. The van der Waals surface area contributed by atoms with Gasteiger partial charge in [-0.2, -0.15) is 0 Å². The van der Waals surface area contributed by atoms with Gasteiger partial charge in [-0.3, -0.25) is 4.90 Å². The summed E-state index contributed by atoms with van der Waals surface area (Å²) in [6.07, 6.45) is 0. The Balaban J connectivity index is 1.54. The van der Waals surface area contributed by atoms with Crippen molar-refractivity contribution in [2.75, 3.05) is 44.2 Å². The standard InChI is InChI=1S/C24H26ClFN4O3/c1-2-33-23(31)21-20(27-24(32)28-22(21)16-3-5-17(25)6-4-16)15-29-11-13-30(14-12-29)19-9-7-18(26)8-10-19/h3-10,22H,2,11-15H2,1H3,(H2,27,28,32)/t22-/m0/s1. The normalized spacial score (nSPS) is 19.2. The molecule has 1 fully saturated rings. The van der Waals surface area contributed by atoms with E-state index in [1.165, 1.54) is 12.1 Å². The summed E-state index contributed by atoms with van der Waals surface area (Å²) in [5.41, 5.74) is 2.64. The average Bonchev–Trinajstić information content (AvgIpc) is 2.80. The number of nitrogens with one attached hydrogen (secondary N) is 2. The molecule has 2 aliphatic heterocycles.